The SMILES string of the molecule is CCCCOc1ccc2cc(OCCC)ccc2c1. The average molecular weight is 258 g/mol. The Morgan fingerprint density at radius 1 is 0.737 bits per heavy atom. The van der Waals surface area contributed by atoms with Crippen LogP contribution in [0.3, 0.4) is 0 Å². The van der Waals surface area contributed by atoms with Crippen LogP contribution >= 0.6 is 0 Å². The van der Waals surface area contributed by atoms with E-state index in [1.807, 2.05) is 12.1 Å². The monoisotopic (exact) mass is 258 g/mol. The molecule has 0 spiro atoms. The van der Waals surface area contributed by atoms with Crippen molar-refractivity contribution in [2.45, 2.75) is 33.1 Å². The molecule has 0 atom stereocenters. The Kier molecular flexibility index (Phi) is 5.08. The van der Waals surface area contributed by atoms with Crippen molar-refractivity contribution in [1.29, 1.82) is 0 Å². The summed E-state index contributed by atoms with van der Waals surface area (Å²) >= 11 is 0. The van der Waals surface area contributed by atoms with Crippen LogP contribution in [0.4, 0.5) is 0 Å². The van der Waals surface area contributed by atoms with E-state index in [4.69, 9.17) is 9.47 Å². The highest BCUT2D eigenvalue weighted by atomic mass is 16.5. The predicted molar refractivity (Wildman–Crippen MR) is 80.1 cm³/mol. The number of benzene rings is 2. The van der Waals surface area contributed by atoms with Crippen molar-refractivity contribution in [3.63, 3.8) is 0 Å². The Labute approximate surface area is 115 Å². The maximum Gasteiger partial charge on any atom is 0.119 e. The van der Waals surface area contributed by atoms with Crippen molar-refractivity contribution in [1.82, 2.24) is 0 Å². The number of fused-ring (bicyclic) bond motifs is 1. The molecule has 0 aromatic heterocycles. The molecule has 19 heavy (non-hydrogen) atoms. The van der Waals surface area contributed by atoms with Gasteiger partial charge in [-0.15, -0.1) is 0 Å². The zero-order valence-electron chi connectivity index (χ0n) is 11.8. The van der Waals surface area contributed by atoms with E-state index in [1.54, 1.807) is 0 Å². The fourth-order valence-electron chi connectivity index (χ4n) is 1.94. The largest absolute Gasteiger partial charge is 0.494 e. The van der Waals surface area contributed by atoms with Gasteiger partial charge in [-0.05, 0) is 47.9 Å². The van der Waals surface area contributed by atoms with E-state index in [0.717, 1.165) is 44.0 Å². The lowest BCUT2D eigenvalue weighted by atomic mass is 10.1. The topological polar surface area (TPSA) is 18.5 Å². The van der Waals surface area contributed by atoms with Gasteiger partial charge >= 0.3 is 0 Å². The highest BCUT2D eigenvalue weighted by molar-refractivity contribution is 5.85. The van der Waals surface area contributed by atoms with Gasteiger partial charge in [0.25, 0.3) is 0 Å². The highest BCUT2D eigenvalue weighted by Crippen LogP contribution is 2.25. The summed E-state index contributed by atoms with van der Waals surface area (Å²) < 4.78 is 11.4. The fourth-order valence-corrected chi connectivity index (χ4v) is 1.94. The van der Waals surface area contributed by atoms with E-state index in [1.165, 1.54) is 10.8 Å². The normalized spacial score (nSPS) is 10.6. The van der Waals surface area contributed by atoms with Gasteiger partial charge in [0, 0.05) is 0 Å². The summed E-state index contributed by atoms with van der Waals surface area (Å²) in [7, 11) is 0. The minimum absolute atomic E-state index is 0.768. The Hall–Kier alpha value is -1.70. The highest BCUT2D eigenvalue weighted by Gasteiger charge is 2.00. The number of rotatable bonds is 7. The lowest BCUT2D eigenvalue weighted by Gasteiger charge is -2.08. The van der Waals surface area contributed by atoms with Gasteiger partial charge in [0.2, 0.25) is 0 Å². The van der Waals surface area contributed by atoms with Gasteiger partial charge in [-0.3, -0.25) is 0 Å². The maximum absolute atomic E-state index is 5.72. The summed E-state index contributed by atoms with van der Waals surface area (Å²) in [5.74, 6) is 1.89. The van der Waals surface area contributed by atoms with E-state index < -0.39 is 0 Å². The van der Waals surface area contributed by atoms with Crippen molar-refractivity contribution in [3.8, 4) is 11.5 Å². The molecule has 0 saturated heterocycles. The first-order valence-corrected chi connectivity index (χ1v) is 7.13. The molecule has 2 rings (SSSR count). The van der Waals surface area contributed by atoms with Crippen molar-refractivity contribution in [3.05, 3.63) is 36.4 Å². The Morgan fingerprint density at radius 3 is 1.84 bits per heavy atom. The molecule has 0 aliphatic carbocycles. The molecule has 0 heterocycles. The second-order valence-corrected chi connectivity index (χ2v) is 4.72. The number of hydrogen-bond donors (Lipinski definition) is 0. The van der Waals surface area contributed by atoms with E-state index in [-0.39, 0.29) is 0 Å². The first-order valence-electron chi connectivity index (χ1n) is 7.13. The molecule has 2 heteroatoms. The van der Waals surface area contributed by atoms with Crippen molar-refractivity contribution in [2.24, 2.45) is 0 Å². The molecular formula is C17H22O2. The molecule has 2 nitrogen and oxygen atoms in total. The quantitative estimate of drug-likeness (QED) is 0.664. The molecular weight excluding hydrogens is 236 g/mol. The fraction of sp³-hybridized carbons (Fsp3) is 0.412. The Bertz CT molecular complexity index is 520. The van der Waals surface area contributed by atoms with Crippen molar-refractivity contribution < 1.29 is 9.47 Å². The molecule has 0 radical (unpaired) electrons. The molecule has 0 N–H and O–H groups in total. The van der Waals surface area contributed by atoms with E-state index in [2.05, 4.69) is 38.1 Å². The van der Waals surface area contributed by atoms with Crippen LogP contribution < -0.4 is 9.47 Å². The molecule has 0 bridgehead atoms. The molecule has 102 valence electrons. The molecule has 0 amide bonds. The molecule has 0 unspecified atom stereocenters. The van der Waals surface area contributed by atoms with Gasteiger partial charge in [0.05, 0.1) is 13.2 Å². The standard InChI is InChI=1S/C17H22O2/c1-3-5-11-19-17-9-7-14-12-16(18-10-4-2)8-6-15(14)13-17/h6-9,12-13H,3-5,10-11H2,1-2H3. The van der Waals surface area contributed by atoms with Crippen molar-refractivity contribution in [2.75, 3.05) is 13.2 Å². The van der Waals surface area contributed by atoms with Crippen molar-refractivity contribution >= 4 is 10.8 Å². The Morgan fingerprint density at radius 2 is 1.32 bits per heavy atom. The summed E-state index contributed by atoms with van der Waals surface area (Å²) in [6.07, 6.45) is 3.29. The number of hydrogen-bond acceptors (Lipinski definition) is 2. The third-order valence-electron chi connectivity index (χ3n) is 3.02. The van der Waals surface area contributed by atoms with Crippen LogP contribution in [-0.2, 0) is 0 Å². The molecule has 0 fully saturated rings. The minimum Gasteiger partial charge on any atom is -0.494 e. The minimum atomic E-state index is 0.768. The first kappa shape index (κ1) is 13.7. The van der Waals surface area contributed by atoms with Gasteiger partial charge in [-0.25, -0.2) is 0 Å². The van der Waals surface area contributed by atoms with Crippen LogP contribution in [0.25, 0.3) is 10.8 Å². The lowest BCUT2D eigenvalue weighted by molar-refractivity contribution is 0.309. The van der Waals surface area contributed by atoms with Crippen LogP contribution in [0.1, 0.15) is 33.1 Å². The van der Waals surface area contributed by atoms with E-state index >= 15 is 0 Å². The number of unbranched alkanes of at least 4 members (excludes halogenated alkanes) is 1. The smallest absolute Gasteiger partial charge is 0.119 e. The second kappa shape index (κ2) is 7.03. The van der Waals surface area contributed by atoms with Gasteiger partial charge < -0.3 is 9.47 Å². The first-order chi connectivity index (χ1) is 9.33. The second-order valence-electron chi connectivity index (χ2n) is 4.72. The molecule has 2 aromatic rings. The summed E-state index contributed by atoms with van der Waals surface area (Å²) in [6.45, 7) is 5.84. The third kappa shape index (κ3) is 3.88. The maximum atomic E-state index is 5.72. The van der Waals surface area contributed by atoms with E-state index in [0.29, 0.717) is 0 Å². The average Bonchev–Trinajstić information content (AvgIpc) is 2.45. The number of ether oxygens (including phenoxy) is 2. The lowest BCUT2D eigenvalue weighted by Crippen LogP contribution is -1.96. The van der Waals surface area contributed by atoms with Crippen LogP contribution in [0.2, 0.25) is 0 Å². The Balaban J connectivity index is 2.11. The van der Waals surface area contributed by atoms with Crippen LogP contribution in [-0.4, -0.2) is 13.2 Å². The van der Waals surface area contributed by atoms with Gasteiger partial charge in [0.1, 0.15) is 11.5 Å². The van der Waals surface area contributed by atoms with Gasteiger partial charge in [-0.2, -0.15) is 0 Å². The van der Waals surface area contributed by atoms with E-state index in [9.17, 15) is 0 Å². The van der Waals surface area contributed by atoms with Crippen LogP contribution in [0, 0.1) is 0 Å². The molecule has 0 aliphatic rings. The van der Waals surface area contributed by atoms with Gasteiger partial charge in [-0.1, -0.05) is 32.4 Å². The summed E-state index contributed by atoms with van der Waals surface area (Å²) in [4.78, 5) is 0. The summed E-state index contributed by atoms with van der Waals surface area (Å²) in [5.41, 5.74) is 0. The zero-order chi connectivity index (χ0) is 13.5. The van der Waals surface area contributed by atoms with Crippen LogP contribution in [0.15, 0.2) is 36.4 Å². The zero-order valence-corrected chi connectivity index (χ0v) is 11.8. The summed E-state index contributed by atoms with van der Waals surface area (Å²) in [6, 6.07) is 12.4. The molecule has 0 aliphatic heterocycles. The van der Waals surface area contributed by atoms with Gasteiger partial charge in [0.15, 0.2) is 0 Å². The third-order valence-corrected chi connectivity index (χ3v) is 3.02. The molecule has 0 saturated carbocycles. The molecule has 2 aromatic carbocycles. The predicted octanol–water partition coefficient (Wildman–Crippen LogP) is 4.81. The summed E-state index contributed by atoms with van der Waals surface area (Å²) in [5, 5.41) is 2.38. The van der Waals surface area contributed by atoms with Crippen LogP contribution in [0.5, 0.6) is 11.5 Å².